The second-order valence-corrected chi connectivity index (χ2v) is 23.8. The van der Waals surface area contributed by atoms with Crippen molar-refractivity contribution in [2.45, 2.75) is 218 Å². The highest BCUT2D eigenvalue weighted by atomic mass is 16.7. The second kappa shape index (κ2) is 36.4. The van der Waals surface area contributed by atoms with E-state index in [1.54, 1.807) is 0 Å². The summed E-state index contributed by atoms with van der Waals surface area (Å²) in [4.78, 5) is 24.4. The average molecular weight is 1270 g/mol. The van der Waals surface area contributed by atoms with Crippen molar-refractivity contribution in [1.29, 1.82) is 0 Å². The van der Waals surface area contributed by atoms with Gasteiger partial charge in [0.2, 0.25) is 0 Å². The van der Waals surface area contributed by atoms with Gasteiger partial charge in [0.25, 0.3) is 0 Å². The van der Waals surface area contributed by atoms with Crippen LogP contribution in [-0.2, 0) is 116 Å². The number of hydrogen-bond acceptors (Lipinski definition) is 18. The molecule has 0 aromatic heterocycles. The molecule has 0 saturated carbocycles. The Kier molecular flexibility index (Phi) is 28.3. The molecule has 4 aliphatic rings. The summed E-state index contributed by atoms with van der Waals surface area (Å²) in [6, 6.07) is 59.4. The first kappa shape index (κ1) is 71.5. The van der Waals surface area contributed by atoms with E-state index in [-0.39, 0.29) is 36.9 Å². The smallest absolute Gasteiger partial charge is 0.303 e. The fraction of sp³-hybridized carbons (Fsp3) is 0.486. The largest absolute Gasteiger partial charge is 0.457 e. The number of hydrogen-bond donors (Lipinski definition) is 2. The fourth-order valence-corrected chi connectivity index (χ4v) is 12.1. The number of carbonyl (C=O) groups excluding carboxylic acids is 2. The molecule has 10 rings (SSSR count). The molecule has 0 spiro atoms. The van der Waals surface area contributed by atoms with Crippen LogP contribution in [0.3, 0.4) is 0 Å². The van der Waals surface area contributed by atoms with Crippen molar-refractivity contribution < 1.29 is 81.0 Å². The van der Waals surface area contributed by atoms with E-state index < -0.39 is 104 Å². The van der Waals surface area contributed by atoms with Crippen LogP contribution in [0.1, 0.15) is 95.7 Å². The van der Waals surface area contributed by atoms with E-state index in [1.807, 2.05) is 224 Å². The van der Waals surface area contributed by atoms with Crippen LogP contribution in [0.4, 0.5) is 0 Å². The first-order valence-corrected chi connectivity index (χ1v) is 32.1. The lowest BCUT2D eigenvalue weighted by atomic mass is 9.91. The number of benzene rings is 6. The van der Waals surface area contributed by atoms with Crippen molar-refractivity contribution in [1.82, 2.24) is 0 Å². The predicted octanol–water partition coefficient (Wildman–Crippen LogP) is 10.8. The van der Waals surface area contributed by atoms with E-state index in [2.05, 4.69) is 12.7 Å². The van der Waals surface area contributed by atoms with Crippen LogP contribution in [0.25, 0.3) is 0 Å². The Balaban J connectivity index is 0.000000231. The third-order valence-corrected chi connectivity index (χ3v) is 16.7. The van der Waals surface area contributed by atoms with Crippen LogP contribution < -0.4 is 5.73 Å². The van der Waals surface area contributed by atoms with Crippen LogP contribution in [0.2, 0.25) is 0 Å². The molecule has 0 amide bonds. The van der Waals surface area contributed by atoms with Gasteiger partial charge in [0.1, 0.15) is 48.8 Å². The first-order chi connectivity index (χ1) is 44.6. The van der Waals surface area contributed by atoms with Gasteiger partial charge in [-0.3, -0.25) is 9.59 Å². The number of aliphatic hydroxyl groups is 1. The maximum Gasteiger partial charge on any atom is 0.303 e. The maximum absolute atomic E-state index is 12.2. The molecule has 4 saturated heterocycles. The highest BCUT2D eigenvalue weighted by Gasteiger charge is 2.54. The molecule has 3 N–H and O–H groups in total. The van der Waals surface area contributed by atoms with Gasteiger partial charge in [0.05, 0.1) is 82.4 Å². The van der Waals surface area contributed by atoms with Crippen molar-refractivity contribution in [2.75, 3.05) is 7.05 Å². The quantitative estimate of drug-likeness (QED) is 0.0540. The van der Waals surface area contributed by atoms with Gasteiger partial charge in [-0.25, -0.2) is 0 Å². The molecule has 4 aliphatic heterocycles. The average Bonchev–Trinajstić information content (AvgIpc) is 0.803. The van der Waals surface area contributed by atoms with Crippen molar-refractivity contribution in [3.8, 4) is 0 Å². The number of aliphatic hydroxyl groups excluding tert-OH is 1. The number of carbonyl (C=O) groups is 2. The summed E-state index contributed by atoms with van der Waals surface area (Å²) >= 11 is 0. The lowest BCUT2D eigenvalue weighted by Crippen LogP contribution is -2.64. The van der Waals surface area contributed by atoms with E-state index in [0.717, 1.165) is 33.4 Å². The van der Waals surface area contributed by atoms with Crippen LogP contribution in [0.5, 0.6) is 0 Å². The van der Waals surface area contributed by atoms with Crippen molar-refractivity contribution in [3.05, 3.63) is 215 Å². The highest BCUT2D eigenvalue weighted by molar-refractivity contribution is 5.66. The van der Waals surface area contributed by atoms with Crippen LogP contribution in [0, 0.1) is 5.92 Å². The summed E-state index contributed by atoms with van der Waals surface area (Å²) in [5.41, 5.74) is 10.6. The molecule has 498 valence electrons. The molecular formula is C74H95NO17. The summed E-state index contributed by atoms with van der Waals surface area (Å²) in [6.45, 7) is 18.3. The minimum absolute atomic E-state index is 0.230. The van der Waals surface area contributed by atoms with Gasteiger partial charge in [-0.1, -0.05) is 189 Å². The van der Waals surface area contributed by atoms with E-state index in [4.69, 9.17) is 66.3 Å². The summed E-state index contributed by atoms with van der Waals surface area (Å²) in [5.74, 6) is -1.12. The molecule has 92 heavy (non-hydrogen) atoms. The Morgan fingerprint density at radius 2 is 0.554 bits per heavy atom. The zero-order chi connectivity index (χ0) is 65.5. The van der Waals surface area contributed by atoms with Gasteiger partial charge >= 0.3 is 11.9 Å². The Morgan fingerprint density at radius 1 is 0.326 bits per heavy atom. The molecule has 8 unspecified atom stereocenters. The van der Waals surface area contributed by atoms with Crippen LogP contribution in [0.15, 0.2) is 182 Å². The van der Waals surface area contributed by atoms with Crippen LogP contribution in [-0.4, -0.2) is 140 Å². The number of esters is 2. The molecule has 0 aliphatic carbocycles. The Bertz CT molecular complexity index is 2830. The molecule has 4 heterocycles. The molecule has 0 radical (unpaired) electrons. The van der Waals surface area contributed by atoms with Gasteiger partial charge in [0, 0.05) is 19.8 Å². The monoisotopic (exact) mass is 1270 g/mol. The third kappa shape index (κ3) is 20.4. The van der Waals surface area contributed by atoms with E-state index >= 15 is 0 Å². The highest BCUT2D eigenvalue weighted by Crippen LogP contribution is 2.38. The van der Waals surface area contributed by atoms with E-state index in [0.29, 0.717) is 33.0 Å². The minimum Gasteiger partial charge on any atom is -0.457 e. The van der Waals surface area contributed by atoms with Gasteiger partial charge in [0.15, 0.2) is 24.8 Å². The van der Waals surface area contributed by atoms with Crippen molar-refractivity contribution >= 4 is 11.9 Å². The Hall–Kier alpha value is -6.30. The molecule has 18 nitrogen and oxygen atoms in total. The minimum atomic E-state index is -1.23. The fourth-order valence-electron chi connectivity index (χ4n) is 12.1. The zero-order valence-corrected chi connectivity index (χ0v) is 54.7. The maximum atomic E-state index is 12.2. The molecule has 6 aromatic rings. The lowest BCUT2D eigenvalue weighted by Gasteiger charge is -2.49. The van der Waals surface area contributed by atoms with Crippen LogP contribution >= 0.6 is 0 Å². The number of rotatable bonds is 24. The SMILES string of the molecule is CC(=O)OC1[C@H](C)OC(C)[C@H](OCc2ccccc2)[C@@H]1O[C@@H]1OC(C)[C@H](OCc2ccccc2)[C@H](OCc2ccccc2)C1C.CC(=O)OC1[C@H](C)OC(C)[C@H](OCc2ccccc2)[C@@H]1O[C@@H]1OC(C)[C@H](OCc2ccccc2)[C@H](OCc2ccccc2)C1O.CN. The molecular weight excluding hydrogens is 1170 g/mol. The van der Waals surface area contributed by atoms with Gasteiger partial charge in [-0.15, -0.1) is 0 Å². The van der Waals surface area contributed by atoms with Gasteiger partial charge in [-0.05, 0) is 82.0 Å². The predicted molar refractivity (Wildman–Crippen MR) is 345 cm³/mol. The zero-order valence-electron chi connectivity index (χ0n) is 54.7. The molecule has 6 aromatic carbocycles. The number of ether oxygens (including phenoxy) is 14. The van der Waals surface area contributed by atoms with E-state index in [1.165, 1.54) is 20.9 Å². The van der Waals surface area contributed by atoms with E-state index in [9.17, 15) is 14.7 Å². The topological polar surface area (TPSA) is 210 Å². The third-order valence-electron chi connectivity index (χ3n) is 16.7. The summed E-state index contributed by atoms with van der Waals surface area (Å²) in [5, 5.41) is 11.8. The Labute approximate surface area is 543 Å². The molecule has 4 fully saturated rings. The van der Waals surface area contributed by atoms with Crippen molar-refractivity contribution in [2.24, 2.45) is 11.7 Å². The molecule has 0 bridgehead atoms. The normalized spacial score (nSPS) is 31.1. The van der Waals surface area contributed by atoms with Gasteiger partial charge in [-0.2, -0.15) is 0 Å². The lowest BCUT2D eigenvalue weighted by molar-refractivity contribution is -0.346. The van der Waals surface area contributed by atoms with Crippen molar-refractivity contribution in [3.63, 3.8) is 0 Å². The molecule has 18 heteroatoms. The number of nitrogens with two attached hydrogens (primary N) is 1. The summed E-state index contributed by atoms with van der Waals surface area (Å²) in [7, 11) is 1.50. The second-order valence-electron chi connectivity index (χ2n) is 23.8. The molecule has 20 atom stereocenters. The summed E-state index contributed by atoms with van der Waals surface area (Å²) in [6.07, 6.45) is -11.7. The standard InChI is InChI=1S/C37H46O8.C36H44O9.CH5N/c1-24-32(39-21-29-15-9-6-10-16-29)33(40-22-30-17-11-7-12-18-30)26(3)43-37(24)45-36-34(41-23-31-19-13-8-14-20-31)25(2)42-27(4)35(36)44-28(5)38;1-23-32(40-21-28-16-10-6-11-17-28)35(33(25(3)42-23)44-26(4)37)45-36-30(38)34(41-22-29-18-12-7-13-19-29)31(24(2)43-36)39-20-27-14-8-5-9-15-27;1-2/h6-20,24-27,32-37H,21-23H2,1-5H3;5-19,23-25,30-36,38H,20-22H2,1-4H3;2H2,1H3/t24?,25?,26?,27-,32+,33-,34-,35?,36-,37-;23?,24?,25-,30?,31-,32-,33?,34+,35-,36-;/m00./s1. The van der Waals surface area contributed by atoms with Gasteiger partial charge < -0.3 is 77.2 Å². The summed E-state index contributed by atoms with van der Waals surface area (Å²) < 4.78 is 88.7. The first-order valence-electron chi connectivity index (χ1n) is 32.1. The Morgan fingerprint density at radius 3 is 0.859 bits per heavy atom.